The van der Waals surface area contributed by atoms with Crippen LogP contribution in [-0.4, -0.2) is 36.7 Å². The second-order valence-corrected chi connectivity index (χ2v) is 7.99. The molecule has 3 nitrogen and oxygen atoms in total. The zero-order chi connectivity index (χ0) is 17.2. The van der Waals surface area contributed by atoms with Crippen LogP contribution in [0.5, 0.6) is 0 Å². The molecule has 0 fully saturated rings. The number of amides is 1. The lowest BCUT2D eigenvalue weighted by Crippen LogP contribution is -2.35. The summed E-state index contributed by atoms with van der Waals surface area (Å²) in [6, 6.07) is 15.1. The van der Waals surface area contributed by atoms with Gasteiger partial charge in [-0.1, -0.05) is 24.3 Å². The van der Waals surface area contributed by atoms with Crippen molar-refractivity contribution >= 4 is 23.4 Å². The number of hydrogen-bond donors (Lipinski definition) is 0. The largest absolute Gasteiger partial charge is 0.373 e. The topological polar surface area (TPSA) is 23.6 Å². The summed E-state index contributed by atoms with van der Waals surface area (Å²) in [4.78, 5) is 18.2. The average Bonchev–Trinajstić information content (AvgIpc) is 3.04. The number of nitrogens with zero attached hydrogens (tertiary/aromatic N) is 2. The standard InChI is InChI=1S/C21H24N2OS/c1-22-11-12-23(14-18-5-2-3-8-20(18)22)21(24)15-25-19-10-9-16-6-4-7-17(16)13-19/h2-3,5,8-10,13H,4,6-7,11-12,14-15H2,1H3. The summed E-state index contributed by atoms with van der Waals surface area (Å²) < 4.78 is 0. The Balaban J connectivity index is 1.41. The monoisotopic (exact) mass is 352 g/mol. The van der Waals surface area contributed by atoms with E-state index in [4.69, 9.17) is 0 Å². The number of anilines is 1. The molecule has 2 aliphatic rings. The molecule has 0 N–H and O–H groups in total. The van der Waals surface area contributed by atoms with Crippen LogP contribution in [-0.2, 0) is 24.2 Å². The van der Waals surface area contributed by atoms with Crippen molar-refractivity contribution in [2.45, 2.75) is 30.7 Å². The number of fused-ring (bicyclic) bond motifs is 2. The van der Waals surface area contributed by atoms with Gasteiger partial charge in [-0.05, 0) is 54.2 Å². The highest BCUT2D eigenvalue weighted by molar-refractivity contribution is 8.00. The summed E-state index contributed by atoms with van der Waals surface area (Å²) in [6.07, 6.45) is 3.66. The van der Waals surface area contributed by atoms with Crippen LogP contribution >= 0.6 is 11.8 Å². The first kappa shape index (κ1) is 16.5. The molecule has 1 aliphatic carbocycles. The molecule has 1 heterocycles. The normalized spacial score (nSPS) is 16.4. The van der Waals surface area contributed by atoms with Crippen LogP contribution in [0.4, 0.5) is 5.69 Å². The van der Waals surface area contributed by atoms with E-state index in [0.29, 0.717) is 12.3 Å². The number of aryl methyl sites for hydroxylation is 2. The molecule has 1 aliphatic heterocycles. The number of para-hydroxylation sites is 1. The molecule has 0 saturated carbocycles. The van der Waals surface area contributed by atoms with E-state index in [1.807, 2.05) is 4.90 Å². The van der Waals surface area contributed by atoms with Crippen molar-refractivity contribution in [1.82, 2.24) is 4.90 Å². The van der Waals surface area contributed by atoms with Gasteiger partial charge in [0.1, 0.15) is 0 Å². The molecule has 0 aromatic heterocycles. The van der Waals surface area contributed by atoms with Gasteiger partial charge in [0, 0.05) is 37.3 Å². The number of rotatable bonds is 3. The maximum absolute atomic E-state index is 12.8. The summed E-state index contributed by atoms with van der Waals surface area (Å²) in [5.74, 6) is 0.751. The van der Waals surface area contributed by atoms with Gasteiger partial charge >= 0.3 is 0 Å². The van der Waals surface area contributed by atoms with Crippen molar-refractivity contribution in [3.05, 3.63) is 59.2 Å². The summed E-state index contributed by atoms with van der Waals surface area (Å²) >= 11 is 1.67. The highest BCUT2D eigenvalue weighted by atomic mass is 32.2. The highest BCUT2D eigenvalue weighted by Crippen LogP contribution is 2.28. The third kappa shape index (κ3) is 3.54. The Kier molecular flexibility index (Phi) is 4.71. The van der Waals surface area contributed by atoms with E-state index in [1.54, 1.807) is 11.8 Å². The van der Waals surface area contributed by atoms with Crippen LogP contribution < -0.4 is 4.90 Å². The molecule has 0 atom stereocenters. The first-order valence-electron chi connectivity index (χ1n) is 9.02. The van der Waals surface area contributed by atoms with Crippen molar-refractivity contribution < 1.29 is 4.79 Å². The minimum atomic E-state index is 0.232. The third-order valence-corrected chi connectivity index (χ3v) is 6.23. The van der Waals surface area contributed by atoms with E-state index in [0.717, 1.165) is 13.1 Å². The van der Waals surface area contributed by atoms with E-state index in [9.17, 15) is 4.79 Å². The van der Waals surface area contributed by atoms with Crippen LogP contribution in [0, 0.1) is 0 Å². The van der Waals surface area contributed by atoms with Gasteiger partial charge in [0.05, 0.1) is 5.75 Å². The van der Waals surface area contributed by atoms with Crippen molar-refractivity contribution in [3.63, 3.8) is 0 Å². The summed E-state index contributed by atoms with van der Waals surface area (Å²) in [6.45, 7) is 2.38. The zero-order valence-electron chi connectivity index (χ0n) is 14.7. The molecule has 2 aromatic rings. The fraction of sp³-hybridized carbons (Fsp3) is 0.381. The summed E-state index contributed by atoms with van der Waals surface area (Å²) in [5, 5.41) is 0. The number of benzene rings is 2. The van der Waals surface area contributed by atoms with Crippen LogP contribution in [0.2, 0.25) is 0 Å². The Morgan fingerprint density at radius 2 is 1.88 bits per heavy atom. The Labute approximate surface area is 154 Å². The Morgan fingerprint density at radius 3 is 2.80 bits per heavy atom. The fourth-order valence-electron chi connectivity index (χ4n) is 3.78. The van der Waals surface area contributed by atoms with E-state index >= 15 is 0 Å². The van der Waals surface area contributed by atoms with Crippen LogP contribution in [0.1, 0.15) is 23.1 Å². The molecule has 0 bridgehead atoms. The predicted molar refractivity (Wildman–Crippen MR) is 104 cm³/mol. The Morgan fingerprint density at radius 1 is 1.04 bits per heavy atom. The van der Waals surface area contributed by atoms with E-state index in [-0.39, 0.29) is 5.91 Å². The maximum atomic E-state index is 12.8. The summed E-state index contributed by atoms with van der Waals surface area (Å²) in [5.41, 5.74) is 5.44. The van der Waals surface area contributed by atoms with Crippen LogP contribution in [0.25, 0.3) is 0 Å². The van der Waals surface area contributed by atoms with Crippen molar-refractivity contribution in [3.8, 4) is 0 Å². The van der Waals surface area contributed by atoms with Gasteiger partial charge < -0.3 is 9.80 Å². The van der Waals surface area contributed by atoms with Gasteiger partial charge in [-0.25, -0.2) is 0 Å². The molecule has 4 rings (SSSR count). The average molecular weight is 353 g/mol. The molecule has 0 radical (unpaired) electrons. The molecule has 2 aromatic carbocycles. The van der Waals surface area contributed by atoms with Gasteiger partial charge in [0.15, 0.2) is 0 Å². The van der Waals surface area contributed by atoms with Gasteiger partial charge in [0.25, 0.3) is 0 Å². The lowest BCUT2D eigenvalue weighted by molar-refractivity contribution is -0.128. The van der Waals surface area contributed by atoms with E-state index in [1.165, 1.54) is 46.5 Å². The number of carbonyl (C=O) groups excluding carboxylic acids is 1. The SMILES string of the molecule is CN1CCN(C(=O)CSc2ccc3c(c2)CCC3)Cc2ccccc21. The summed E-state index contributed by atoms with van der Waals surface area (Å²) in [7, 11) is 2.10. The molecule has 1 amide bonds. The molecule has 130 valence electrons. The van der Waals surface area contributed by atoms with Crippen molar-refractivity contribution in [2.75, 3.05) is 30.8 Å². The van der Waals surface area contributed by atoms with E-state index in [2.05, 4.69) is 54.4 Å². The van der Waals surface area contributed by atoms with Gasteiger partial charge in [0.2, 0.25) is 5.91 Å². The molecular formula is C21H24N2OS. The maximum Gasteiger partial charge on any atom is 0.233 e. The number of thioether (sulfide) groups is 1. The predicted octanol–water partition coefficient (Wildman–Crippen LogP) is 3.75. The number of likely N-dealkylation sites (N-methyl/N-ethyl adjacent to an activating group) is 1. The van der Waals surface area contributed by atoms with Crippen molar-refractivity contribution in [1.29, 1.82) is 0 Å². The zero-order valence-corrected chi connectivity index (χ0v) is 15.5. The first-order valence-corrected chi connectivity index (χ1v) is 10.0. The molecule has 4 heteroatoms. The van der Waals surface area contributed by atoms with Crippen LogP contribution in [0.15, 0.2) is 47.4 Å². The molecular weight excluding hydrogens is 328 g/mol. The Hall–Kier alpha value is -1.94. The second kappa shape index (κ2) is 7.12. The number of hydrogen-bond acceptors (Lipinski definition) is 3. The quantitative estimate of drug-likeness (QED) is 0.786. The minimum Gasteiger partial charge on any atom is -0.373 e. The van der Waals surface area contributed by atoms with Gasteiger partial charge in [-0.15, -0.1) is 11.8 Å². The second-order valence-electron chi connectivity index (χ2n) is 6.94. The highest BCUT2D eigenvalue weighted by Gasteiger charge is 2.21. The Bertz CT molecular complexity index is 789. The van der Waals surface area contributed by atoms with Gasteiger partial charge in [-0.3, -0.25) is 4.79 Å². The van der Waals surface area contributed by atoms with Gasteiger partial charge in [-0.2, -0.15) is 0 Å². The smallest absolute Gasteiger partial charge is 0.233 e. The third-order valence-electron chi connectivity index (χ3n) is 5.25. The van der Waals surface area contributed by atoms with Crippen molar-refractivity contribution in [2.24, 2.45) is 0 Å². The minimum absolute atomic E-state index is 0.232. The van der Waals surface area contributed by atoms with E-state index < -0.39 is 0 Å². The molecule has 0 spiro atoms. The first-order chi connectivity index (χ1) is 12.2. The lowest BCUT2D eigenvalue weighted by atomic mass is 10.1. The number of carbonyl (C=O) groups is 1. The molecule has 0 saturated heterocycles. The fourth-order valence-corrected chi connectivity index (χ4v) is 4.64. The molecule has 0 unspecified atom stereocenters. The van der Waals surface area contributed by atoms with Crippen LogP contribution in [0.3, 0.4) is 0 Å². The molecule has 25 heavy (non-hydrogen) atoms. The lowest BCUT2D eigenvalue weighted by Gasteiger charge is -2.21.